The lowest BCUT2D eigenvalue weighted by Crippen LogP contribution is -2.31. The fourth-order valence-electron chi connectivity index (χ4n) is 6.72. The van der Waals surface area contributed by atoms with Crippen molar-refractivity contribution in [2.75, 3.05) is 13.2 Å². The number of ketones is 1. The van der Waals surface area contributed by atoms with Gasteiger partial charge in [-0.15, -0.1) is 0 Å². The molecule has 0 spiro atoms. The normalized spacial score (nSPS) is 21.3. The largest absolute Gasteiger partial charge is 0.494 e. The lowest BCUT2D eigenvalue weighted by Gasteiger charge is -2.33. The fourth-order valence-corrected chi connectivity index (χ4v) is 6.72. The van der Waals surface area contributed by atoms with Crippen molar-refractivity contribution in [3.8, 4) is 11.5 Å². The highest BCUT2D eigenvalue weighted by atomic mass is 17.2. The standard InChI is InChI=1S/C39H38O10/c40-34(26-10-6-5-7-11-26)19-14-25-12-15-27(16-13-25)49-46-21-9-4-2-1-3-8-20-45-28-17-18-29-30(32-24-35(41)47-37(32)42)23-33-36(31(29)22-28)39(44)48-38(33)43/h5-7,10-19,22,30,32-33,36H,1-4,8-9,20-21,23-24H2. The highest BCUT2D eigenvalue weighted by Gasteiger charge is 2.53. The molecular formula is C39H38O10. The Morgan fingerprint density at radius 1 is 0.694 bits per heavy atom. The second-order valence-electron chi connectivity index (χ2n) is 12.6. The van der Waals surface area contributed by atoms with E-state index in [4.69, 9.17) is 24.0 Å². The summed E-state index contributed by atoms with van der Waals surface area (Å²) in [5.74, 6) is -3.77. The monoisotopic (exact) mass is 666 g/mol. The number of hydrogen-bond acceptors (Lipinski definition) is 10. The highest BCUT2D eigenvalue weighted by Crippen LogP contribution is 2.51. The highest BCUT2D eigenvalue weighted by molar-refractivity contribution is 6.06. The van der Waals surface area contributed by atoms with Crippen LogP contribution in [-0.2, 0) is 33.5 Å². The van der Waals surface area contributed by atoms with Crippen LogP contribution in [0.4, 0.5) is 0 Å². The van der Waals surface area contributed by atoms with Crippen LogP contribution in [0.15, 0.2) is 78.9 Å². The van der Waals surface area contributed by atoms with Crippen LogP contribution < -0.4 is 9.62 Å². The number of rotatable bonds is 16. The average molecular weight is 667 g/mol. The van der Waals surface area contributed by atoms with Gasteiger partial charge in [0.05, 0.1) is 37.4 Å². The maximum absolute atomic E-state index is 12.6. The minimum atomic E-state index is -0.740. The first-order valence-corrected chi connectivity index (χ1v) is 16.8. The molecule has 0 aromatic heterocycles. The van der Waals surface area contributed by atoms with Crippen LogP contribution in [0.25, 0.3) is 6.08 Å². The summed E-state index contributed by atoms with van der Waals surface area (Å²) in [6.45, 7) is 0.979. The van der Waals surface area contributed by atoms with Gasteiger partial charge in [0.25, 0.3) is 0 Å². The van der Waals surface area contributed by atoms with Gasteiger partial charge in [-0.3, -0.25) is 24.0 Å². The van der Waals surface area contributed by atoms with Gasteiger partial charge in [-0.2, -0.15) is 4.89 Å². The van der Waals surface area contributed by atoms with Gasteiger partial charge in [0.15, 0.2) is 11.5 Å². The molecule has 2 heterocycles. The predicted octanol–water partition coefficient (Wildman–Crippen LogP) is 6.67. The van der Waals surface area contributed by atoms with E-state index in [1.165, 1.54) is 0 Å². The van der Waals surface area contributed by atoms with Gasteiger partial charge >= 0.3 is 23.9 Å². The fraction of sp³-hybridized carbons (Fsp3) is 0.359. The van der Waals surface area contributed by atoms with Crippen molar-refractivity contribution in [2.45, 2.75) is 63.2 Å². The Morgan fingerprint density at radius 2 is 1.39 bits per heavy atom. The van der Waals surface area contributed by atoms with E-state index in [-0.39, 0.29) is 18.6 Å². The van der Waals surface area contributed by atoms with Crippen LogP contribution >= 0.6 is 0 Å². The lowest BCUT2D eigenvalue weighted by molar-refractivity contribution is -0.207. The molecule has 0 amide bonds. The van der Waals surface area contributed by atoms with Crippen molar-refractivity contribution in [3.05, 3.63) is 101 Å². The molecule has 2 fully saturated rings. The van der Waals surface area contributed by atoms with Crippen molar-refractivity contribution in [3.63, 3.8) is 0 Å². The zero-order chi connectivity index (χ0) is 34.2. The molecule has 3 aromatic rings. The molecule has 10 nitrogen and oxygen atoms in total. The molecule has 0 saturated carbocycles. The number of ether oxygens (including phenoxy) is 3. The number of hydrogen-bond donors (Lipinski definition) is 0. The first kappa shape index (κ1) is 33.8. The summed E-state index contributed by atoms with van der Waals surface area (Å²) in [6.07, 6.45) is 9.35. The molecule has 254 valence electrons. The molecule has 0 radical (unpaired) electrons. The van der Waals surface area contributed by atoms with E-state index in [1.807, 2.05) is 36.4 Å². The molecule has 4 unspecified atom stereocenters. The third-order valence-electron chi connectivity index (χ3n) is 9.26. The number of carbonyl (C=O) groups excluding carboxylic acids is 5. The van der Waals surface area contributed by atoms with E-state index in [0.717, 1.165) is 49.7 Å². The number of allylic oxidation sites excluding steroid dienone is 1. The van der Waals surface area contributed by atoms with Crippen molar-refractivity contribution in [1.82, 2.24) is 0 Å². The van der Waals surface area contributed by atoms with Crippen LogP contribution in [-0.4, -0.2) is 42.9 Å². The Morgan fingerprint density at radius 3 is 2.12 bits per heavy atom. The second kappa shape index (κ2) is 15.9. The Balaban J connectivity index is 0.864. The molecule has 3 aliphatic rings. The summed E-state index contributed by atoms with van der Waals surface area (Å²) in [5, 5.41) is 0. The Kier molecular flexibility index (Phi) is 10.9. The quantitative estimate of drug-likeness (QED) is 0.0311. The molecule has 1 aliphatic carbocycles. The van der Waals surface area contributed by atoms with Gasteiger partial charge in [0, 0.05) is 5.56 Å². The van der Waals surface area contributed by atoms with E-state index < -0.39 is 47.5 Å². The molecule has 4 atom stereocenters. The summed E-state index contributed by atoms with van der Waals surface area (Å²) in [6, 6.07) is 21.8. The Bertz CT molecular complexity index is 1710. The minimum absolute atomic E-state index is 0.0447. The third kappa shape index (κ3) is 8.32. The van der Waals surface area contributed by atoms with Crippen LogP contribution in [0.3, 0.4) is 0 Å². The van der Waals surface area contributed by atoms with Crippen molar-refractivity contribution >= 4 is 35.7 Å². The van der Waals surface area contributed by atoms with E-state index in [1.54, 1.807) is 48.6 Å². The number of unbranched alkanes of at least 4 members (excludes halogenated alkanes) is 5. The van der Waals surface area contributed by atoms with Crippen molar-refractivity contribution in [2.24, 2.45) is 11.8 Å². The van der Waals surface area contributed by atoms with Gasteiger partial charge < -0.3 is 19.1 Å². The number of cyclic esters (lactones) is 4. The number of esters is 4. The van der Waals surface area contributed by atoms with E-state index in [0.29, 0.717) is 35.8 Å². The number of carbonyl (C=O) groups is 5. The number of fused-ring (bicyclic) bond motifs is 3. The van der Waals surface area contributed by atoms with Crippen LogP contribution in [0.1, 0.15) is 90.3 Å². The molecule has 10 heteroatoms. The maximum atomic E-state index is 12.6. The zero-order valence-electron chi connectivity index (χ0n) is 27.0. The molecule has 2 saturated heterocycles. The molecular weight excluding hydrogens is 628 g/mol. The van der Waals surface area contributed by atoms with Crippen LogP contribution in [0.2, 0.25) is 0 Å². The SMILES string of the molecule is O=C1CC(C2CC3C(=O)OC(=O)C3c3cc(OCCCCCCCCOOc4ccc(C=CC(=O)c5ccccc5)cc4)ccc32)C(=O)O1. The van der Waals surface area contributed by atoms with Gasteiger partial charge in [0.2, 0.25) is 0 Å². The number of benzene rings is 3. The minimum Gasteiger partial charge on any atom is -0.494 e. The van der Waals surface area contributed by atoms with Gasteiger partial charge in [0.1, 0.15) is 5.75 Å². The third-order valence-corrected chi connectivity index (χ3v) is 9.26. The average Bonchev–Trinajstić information content (AvgIpc) is 3.61. The van der Waals surface area contributed by atoms with Crippen LogP contribution in [0, 0.1) is 11.8 Å². The lowest BCUT2D eigenvalue weighted by atomic mass is 9.67. The first-order valence-electron chi connectivity index (χ1n) is 16.8. The first-order chi connectivity index (χ1) is 23.9. The smallest absolute Gasteiger partial charge is 0.321 e. The summed E-state index contributed by atoms with van der Waals surface area (Å²) in [5.41, 5.74) is 2.91. The topological polar surface area (TPSA) is 132 Å². The molecule has 6 rings (SSSR count). The summed E-state index contributed by atoms with van der Waals surface area (Å²) in [4.78, 5) is 72.1. The summed E-state index contributed by atoms with van der Waals surface area (Å²) in [7, 11) is 0. The van der Waals surface area contributed by atoms with Crippen molar-refractivity contribution < 1.29 is 48.0 Å². The molecule has 3 aromatic carbocycles. The van der Waals surface area contributed by atoms with Gasteiger partial charge in [-0.25, -0.2) is 0 Å². The van der Waals surface area contributed by atoms with Crippen molar-refractivity contribution in [1.29, 1.82) is 0 Å². The Labute approximate surface area is 284 Å². The molecule has 49 heavy (non-hydrogen) atoms. The zero-order valence-corrected chi connectivity index (χ0v) is 27.0. The maximum Gasteiger partial charge on any atom is 0.321 e. The van der Waals surface area contributed by atoms with Crippen LogP contribution in [0.5, 0.6) is 11.5 Å². The molecule has 0 bridgehead atoms. The van der Waals surface area contributed by atoms with Gasteiger partial charge in [-0.1, -0.05) is 80.3 Å². The Hall–Kier alpha value is -5.09. The van der Waals surface area contributed by atoms with Gasteiger partial charge in [-0.05, 0) is 72.2 Å². The van der Waals surface area contributed by atoms with E-state index >= 15 is 0 Å². The van der Waals surface area contributed by atoms with E-state index in [2.05, 4.69) is 0 Å². The summed E-state index contributed by atoms with van der Waals surface area (Å²) < 4.78 is 15.7. The molecule has 2 aliphatic heterocycles. The molecule has 0 N–H and O–H groups in total. The second-order valence-corrected chi connectivity index (χ2v) is 12.6. The van der Waals surface area contributed by atoms with E-state index in [9.17, 15) is 24.0 Å². The predicted molar refractivity (Wildman–Crippen MR) is 176 cm³/mol. The summed E-state index contributed by atoms with van der Waals surface area (Å²) >= 11 is 0.